The van der Waals surface area contributed by atoms with Gasteiger partial charge in [-0.3, -0.25) is 4.79 Å². The number of hydrogen-bond acceptors (Lipinski definition) is 1. The topological polar surface area (TPSA) is 22.0 Å². The summed E-state index contributed by atoms with van der Waals surface area (Å²) in [6.07, 6.45) is 4.82. The molecule has 0 N–H and O–H groups in total. The van der Waals surface area contributed by atoms with Crippen molar-refractivity contribution < 1.29 is 9.18 Å². The largest absolute Gasteiger partial charge is 0.340 e. The molecule has 172 valence electrons. The molecule has 1 aromatic heterocycles. The second kappa shape index (κ2) is 9.42. The maximum Gasteiger partial charge on any atom is 0.193 e. The van der Waals surface area contributed by atoms with Crippen molar-refractivity contribution >= 4 is 38.4 Å². The Morgan fingerprint density at radius 1 is 0.853 bits per heavy atom. The summed E-state index contributed by atoms with van der Waals surface area (Å²) in [4.78, 5) is 13.6. The van der Waals surface area contributed by atoms with Crippen LogP contribution in [0.25, 0.3) is 32.6 Å². The Labute approximate surface area is 200 Å². The number of halogens is 1. The second-order valence-corrected chi connectivity index (χ2v) is 9.25. The van der Waals surface area contributed by atoms with Gasteiger partial charge in [0.25, 0.3) is 0 Å². The summed E-state index contributed by atoms with van der Waals surface area (Å²) >= 11 is 0. The minimum absolute atomic E-state index is 0.0793. The lowest BCUT2D eigenvalue weighted by molar-refractivity contribution is 0.104. The summed E-state index contributed by atoms with van der Waals surface area (Å²) < 4.78 is 16.0. The van der Waals surface area contributed by atoms with E-state index >= 15 is 0 Å². The van der Waals surface area contributed by atoms with Gasteiger partial charge in [0.2, 0.25) is 0 Å². The van der Waals surface area contributed by atoms with Crippen molar-refractivity contribution in [2.75, 3.05) is 0 Å². The number of nitrogens with zero attached hydrogens (tertiary/aromatic N) is 1. The number of fused-ring (bicyclic) bond motifs is 5. The van der Waals surface area contributed by atoms with Gasteiger partial charge in [-0.15, -0.1) is 0 Å². The monoisotopic (exact) mass is 451 g/mol. The molecule has 1 unspecified atom stereocenters. The number of aromatic nitrogens is 1. The molecule has 0 aliphatic rings. The van der Waals surface area contributed by atoms with Gasteiger partial charge in [0.15, 0.2) is 5.78 Å². The fourth-order valence-electron chi connectivity index (χ4n) is 5.22. The number of unbranched alkanes of at least 4 members (excludes halogenated alkanes) is 1. The Morgan fingerprint density at radius 2 is 1.53 bits per heavy atom. The highest BCUT2D eigenvalue weighted by molar-refractivity contribution is 6.25. The summed E-state index contributed by atoms with van der Waals surface area (Å²) in [6, 6.07) is 24.6. The zero-order chi connectivity index (χ0) is 23.7. The molecule has 34 heavy (non-hydrogen) atoms. The van der Waals surface area contributed by atoms with Gasteiger partial charge in [-0.2, -0.15) is 0 Å². The number of benzene rings is 4. The van der Waals surface area contributed by atoms with E-state index in [1.807, 2.05) is 18.2 Å². The van der Waals surface area contributed by atoms with Crippen LogP contribution >= 0.6 is 0 Å². The Bertz CT molecular complexity index is 1480. The number of carbonyl (C=O) groups is 1. The van der Waals surface area contributed by atoms with E-state index in [0.29, 0.717) is 17.0 Å². The summed E-state index contributed by atoms with van der Waals surface area (Å²) in [7, 11) is 0. The molecule has 2 nitrogen and oxygen atoms in total. The van der Waals surface area contributed by atoms with Crippen LogP contribution in [0.1, 0.15) is 55.5 Å². The van der Waals surface area contributed by atoms with Crippen LogP contribution in [0.3, 0.4) is 0 Å². The highest BCUT2D eigenvalue weighted by Gasteiger charge is 2.21. The first kappa shape index (κ1) is 22.3. The minimum Gasteiger partial charge on any atom is -0.340 e. The number of ketones is 1. The van der Waals surface area contributed by atoms with Crippen molar-refractivity contribution in [1.29, 1.82) is 0 Å². The van der Waals surface area contributed by atoms with E-state index in [0.717, 1.165) is 29.1 Å². The van der Waals surface area contributed by atoms with Crippen molar-refractivity contribution in [3.8, 4) is 0 Å². The molecule has 0 amide bonds. The van der Waals surface area contributed by atoms with Crippen LogP contribution < -0.4 is 0 Å². The van der Waals surface area contributed by atoms with Gasteiger partial charge >= 0.3 is 0 Å². The molecular formula is C31H30FNO. The van der Waals surface area contributed by atoms with E-state index in [2.05, 4.69) is 54.8 Å². The fraction of sp³-hybridized carbons (Fsp3) is 0.258. The molecule has 1 atom stereocenters. The normalized spacial score (nSPS) is 12.6. The molecule has 0 aliphatic carbocycles. The van der Waals surface area contributed by atoms with E-state index in [4.69, 9.17) is 0 Å². The second-order valence-electron chi connectivity index (χ2n) is 9.25. The Morgan fingerprint density at radius 3 is 2.24 bits per heavy atom. The van der Waals surface area contributed by atoms with Gasteiger partial charge in [0, 0.05) is 39.3 Å². The zero-order valence-corrected chi connectivity index (χ0v) is 19.9. The van der Waals surface area contributed by atoms with Crippen LogP contribution in [0.4, 0.5) is 4.39 Å². The Hall–Kier alpha value is -3.46. The summed E-state index contributed by atoms with van der Waals surface area (Å²) in [5, 5.41) is 4.30. The first-order chi connectivity index (χ1) is 16.6. The number of hydrogen-bond donors (Lipinski definition) is 0. The Kier molecular flexibility index (Phi) is 6.19. The quantitative estimate of drug-likeness (QED) is 0.217. The summed E-state index contributed by atoms with van der Waals surface area (Å²) in [5.74, 6) is 0.191. The van der Waals surface area contributed by atoms with E-state index in [-0.39, 0.29) is 11.6 Å². The molecule has 0 saturated carbocycles. The first-order valence-electron chi connectivity index (χ1n) is 12.3. The van der Waals surface area contributed by atoms with Crippen molar-refractivity contribution in [3.63, 3.8) is 0 Å². The van der Waals surface area contributed by atoms with Crippen LogP contribution in [-0.2, 0) is 6.54 Å². The highest BCUT2D eigenvalue weighted by Crippen LogP contribution is 2.38. The number of rotatable bonds is 8. The maximum absolute atomic E-state index is 13.6. The molecule has 5 rings (SSSR count). The average molecular weight is 452 g/mol. The molecular weight excluding hydrogens is 421 g/mol. The minimum atomic E-state index is -0.339. The van der Waals surface area contributed by atoms with E-state index < -0.39 is 0 Å². The molecule has 0 spiro atoms. The molecule has 5 aromatic rings. The molecule has 0 bridgehead atoms. The third-order valence-corrected chi connectivity index (χ3v) is 7.11. The molecule has 4 aromatic carbocycles. The number of para-hydroxylation sites is 1. The van der Waals surface area contributed by atoms with Crippen LogP contribution in [-0.4, -0.2) is 10.4 Å². The predicted molar refractivity (Wildman–Crippen MR) is 140 cm³/mol. The zero-order valence-electron chi connectivity index (χ0n) is 19.9. The van der Waals surface area contributed by atoms with Crippen molar-refractivity contribution in [3.05, 3.63) is 95.8 Å². The lowest BCUT2D eigenvalue weighted by Crippen LogP contribution is -2.10. The highest BCUT2D eigenvalue weighted by atomic mass is 19.1. The van der Waals surface area contributed by atoms with Crippen LogP contribution in [0.5, 0.6) is 0 Å². The molecule has 1 heterocycles. The van der Waals surface area contributed by atoms with Gasteiger partial charge in [-0.1, -0.05) is 75.6 Å². The van der Waals surface area contributed by atoms with Crippen LogP contribution in [0.15, 0.2) is 78.9 Å². The molecule has 0 aliphatic heterocycles. The molecule has 0 radical (unpaired) electrons. The third-order valence-electron chi connectivity index (χ3n) is 7.11. The van der Waals surface area contributed by atoms with Crippen molar-refractivity contribution in [1.82, 2.24) is 4.57 Å². The summed E-state index contributed by atoms with van der Waals surface area (Å²) in [5.41, 5.74) is 3.57. The summed E-state index contributed by atoms with van der Waals surface area (Å²) in [6.45, 7) is 5.50. The third kappa shape index (κ3) is 3.90. The van der Waals surface area contributed by atoms with Crippen LogP contribution in [0, 0.1) is 11.7 Å². The fourth-order valence-corrected chi connectivity index (χ4v) is 5.22. The smallest absolute Gasteiger partial charge is 0.193 e. The van der Waals surface area contributed by atoms with Gasteiger partial charge in [0.1, 0.15) is 5.82 Å². The molecule has 0 saturated heterocycles. The van der Waals surface area contributed by atoms with E-state index in [1.54, 1.807) is 12.1 Å². The van der Waals surface area contributed by atoms with Gasteiger partial charge in [0.05, 0.1) is 5.52 Å². The van der Waals surface area contributed by atoms with Gasteiger partial charge in [-0.05, 0) is 54.1 Å². The van der Waals surface area contributed by atoms with Gasteiger partial charge < -0.3 is 4.57 Å². The molecule has 3 heteroatoms. The lowest BCUT2D eigenvalue weighted by Gasteiger charge is -2.18. The maximum atomic E-state index is 13.6. The van der Waals surface area contributed by atoms with Crippen molar-refractivity contribution in [2.24, 2.45) is 5.92 Å². The van der Waals surface area contributed by atoms with E-state index in [9.17, 15) is 9.18 Å². The SMILES string of the molecule is CCCCC(CC)Cn1c2ccccc2c2cc(C(=O)c3ccc(F)cc3)c3ccccc3c21. The lowest BCUT2D eigenvalue weighted by atomic mass is 9.94. The average Bonchev–Trinajstić information content (AvgIpc) is 3.19. The first-order valence-corrected chi connectivity index (χ1v) is 12.3. The van der Waals surface area contributed by atoms with Crippen molar-refractivity contribution in [2.45, 2.75) is 46.1 Å². The van der Waals surface area contributed by atoms with Crippen LogP contribution in [0.2, 0.25) is 0 Å². The molecule has 0 fully saturated rings. The number of carbonyl (C=O) groups excluding carboxylic acids is 1. The van der Waals surface area contributed by atoms with Gasteiger partial charge in [-0.25, -0.2) is 4.39 Å². The van der Waals surface area contributed by atoms with E-state index in [1.165, 1.54) is 47.8 Å². The predicted octanol–water partition coefficient (Wildman–Crippen LogP) is 8.53. The Balaban J connectivity index is 1.77. The standard InChI is InChI=1S/C31H30FNO/c1-3-5-10-21(4-2)20-33-29-14-9-8-12-25(29)27-19-28(24-11-6-7-13-26(24)30(27)33)31(34)22-15-17-23(32)18-16-22/h6-9,11-19,21H,3-5,10,20H2,1-2H3.